The monoisotopic (exact) mass is 774 g/mol. The van der Waals surface area contributed by atoms with Gasteiger partial charge in [0.25, 0.3) is 0 Å². The number of ether oxygens (including phenoxy) is 5. The lowest BCUT2D eigenvalue weighted by atomic mass is 9.79. The minimum atomic E-state index is -1.01. The molecule has 0 saturated carbocycles. The smallest absolute Gasteiger partial charge is 0.305 e. The Hall–Kier alpha value is -4.82. The van der Waals surface area contributed by atoms with Crippen molar-refractivity contribution >= 4 is 39.9 Å². The minimum absolute atomic E-state index is 0.0811. The van der Waals surface area contributed by atoms with Crippen LogP contribution in [0.15, 0.2) is 79.0 Å². The van der Waals surface area contributed by atoms with Crippen molar-refractivity contribution in [3.05, 3.63) is 84.6 Å². The number of nitrogens with one attached hydrogen (secondary N) is 3. The molecule has 56 heavy (non-hydrogen) atoms. The molecule has 0 radical (unpaired) electrons. The molecule has 0 aliphatic heterocycles. The summed E-state index contributed by atoms with van der Waals surface area (Å²) in [6, 6.07) is 17.0. The number of unbranched alkanes of at least 4 members (excludes halogenated alkanes) is 1. The highest BCUT2D eigenvalue weighted by Gasteiger charge is 2.30. The van der Waals surface area contributed by atoms with Crippen molar-refractivity contribution < 1.29 is 43.2 Å². The first-order valence-electron chi connectivity index (χ1n) is 19.6. The highest BCUT2D eigenvalue weighted by Crippen LogP contribution is 2.37. The minimum Gasteiger partial charge on any atom is -0.491 e. The van der Waals surface area contributed by atoms with Crippen LogP contribution in [0.3, 0.4) is 0 Å². The summed E-state index contributed by atoms with van der Waals surface area (Å²) in [6.07, 6.45) is 10.2. The highest BCUT2D eigenvalue weighted by molar-refractivity contribution is 5.99. The summed E-state index contributed by atoms with van der Waals surface area (Å²) >= 11 is 0. The third-order valence-corrected chi connectivity index (χ3v) is 9.15. The number of allylic oxidation sites excluding steroid dienone is 3. The largest absolute Gasteiger partial charge is 0.491 e. The number of pyridine rings is 1. The van der Waals surface area contributed by atoms with E-state index in [0.29, 0.717) is 65.8 Å². The van der Waals surface area contributed by atoms with Crippen molar-refractivity contribution in [3.8, 4) is 5.75 Å². The molecule has 2 aromatic carbocycles. The number of carbonyl (C=O) groups excluding carboxylic acids is 2. The van der Waals surface area contributed by atoms with Gasteiger partial charge in [0, 0.05) is 43.1 Å². The number of carboxylic acids is 1. The number of amides is 2. The number of carboxylic acid groups (broad SMARTS) is 1. The van der Waals surface area contributed by atoms with E-state index < -0.39 is 17.9 Å². The summed E-state index contributed by atoms with van der Waals surface area (Å²) < 4.78 is 28.2. The Kier molecular flexibility index (Phi) is 19.9. The Labute approximate surface area is 330 Å². The number of carbonyl (C=O) groups is 3. The van der Waals surface area contributed by atoms with Gasteiger partial charge >= 0.3 is 5.97 Å². The second-order valence-electron chi connectivity index (χ2n) is 13.5. The van der Waals surface area contributed by atoms with Crippen LogP contribution in [0, 0.1) is 11.8 Å². The van der Waals surface area contributed by atoms with E-state index in [1.165, 1.54) is 0 Å². The van der Waals surface area contributed by atoms with Crippen LogP contribution in [0.4, 0.5) is 5.82 Å². The molecule has 1 aliphatic rings. The maximum Gasteiger partial charge on any atom is 0.305 e. The highest BCUT2D eigenvalue weighted by atomic mass is 16.6. The van der Waals surface area contributed by atoms with Crippen LogP contribution in [0.2, 0.25) is 0 Å². The molecule has 4 rings (SSSR count). The number of fused-ring (bicyclic) bond motifs is 1. The zero-order valence-electron chi connectivity index (χ0n) is 32.7. The quantitative estimate of drug-likeness (QED) is 0.0674. The molecule has 13 heteroatoms. The Morgan fingerprint density at radius 2 is 1.48 bits per heavy atom. The molecule has 2 amide bonds. The van der Waals surface area contributed by atoms with Crippen molar-refractivity contribution in [3.63, 3.8) is 0 Å². The normalized spacial score (nSPS) is 15.6. The molecule has 0 bridgehead atoms. The lowest BCUT2D eigenvalue weighted by Gasteiger charge is -2.31. The van der Waals surface area contributed by atoms with Gasteiger partial charge in [-0.15, -0.1) is 0 Å². The Morgan fingerprint density at radius 3 is 2.14 bits per heavy atom. The van der Waals surface area contributed by atoms with Crippen LogP contribution in [0.5, 0.6) is 5.75 Å². The third-order valence-electron chi connectivity index (χ3n) is 9.15. The zero-order chi connectivity index (χ0) is 39.8. The van der Waals surface area contributed by atoms with Gasteiger partial charge in [-0.1, -0.05) is 68.5 Å². The van der Waals surface area contributed by atoms with Crippen LogP contribution in [-0.2, 0) is 33.3 Å². The fourth-order valence-electron chi connectivity index (χ4n) is 6.38. The molecule has 2 unspecified atom stereocenters. The molecular weight excluding hydrogens is 716 g/mol. The second kappa shape index (κ2) is 25.4. The van der Waals surface area contributed by atoms with Gasteiger partial charge in [0.15, 0.2) is 0 Å². The molecule has 304 valence electrons. The number of hydrogen-bond acceptors (Lipinski definition) is 10. The molecule has 3 aromatic rings. The first kappa shape index (κ1) is 43.9. The lowest BCUT2D eigenvalue weighted by molar-refractivity contribution is -0.138. The van der Waals surface area contributed by atoms with Crippen molar-refractivity contribution in [1.29, 1.82) is 0 Å². The average molecular weight is 775 g/mol. The first-order chi connectivity index (χ1) is 27.4. The maximum atomic E-state index is 12.9. The molecule has 1 heterocycles. The van der Waals surface area contributed by atoms with Gasteiger partial charge in [-0.05, 0) is 59.9 Å². The molecule has 4 N–H and O–H groups in total. The summed E-state index contributed by atoms with van der Waals surface area (Å²) in [5.74, 6) is -0.477. The number of nitrogens with zero attached hydrogens (tertiary/aromatic N) is 1. The van der Waals surface area contributed by atoms with E-state index >= 15 is 0 Å². The molecule has 3 atom stereocenters. The molecule has 1 aliphatic carbocycles. The van der Waals surface area contributed by atoms with E-state index in [1.807, 2.05) is 67.6 Å². The van der Waals surface area contributed by atoms with Gasteiger partial charge in [-0.2, -0.15) is 0 Å². The van der Waals surface area contributed by atoms with E-state index in [2.05, 4.69) is 40.0 Å². The molecule has 1 aromatic heterocycles. The van der Waals surface area contributed by atoms with E-state index in [1.54, 1.807) is 6.20 Å². The summed E-state index contributed by atoms with van der Waals surface area (Å²) in [6.45, 7) is 9.24. The van der Waals surface area contributed by atoms with Crippen LogP contribution in [-0.4, -0.2) is 106 Å². The van der Waals surface area contributed by atoms with Crippen LogP contribution in [0.25, 0.3) is 16.3 Å². The number of hydrogen-bond donors (Lipinski definition) is 4. The predicted octanol–water partition coefficient (Wildman–Crippen LogP) is 5.65. The van der Waals surface area contributed by atoms with E-state index in [9.17, 15) is 19.5 Å². The fourth-order valence-corrected chi connectivity index (χ4v) is 6.38. The Bertz CT molecular complexity index is 1700. The Morgan fingerprint density at radius 1 is 0.804 bits per heavy atom. The van der Waals surface area contributed by atoms with E-state index in [-0.39, 0.29) is 37.1 Å². The summed E-state index contributed by atoms with van der Waals surface area (Å²) in [5, 5.41) is 20.4. The van der Waals surface area contributed by atoms with Gasteiger partial charge < -0.3 is 44.7 Å². The zero-order valence-corrected chi connectivity index (χ0v) is 32.7. The van der Waals surface area contributed by atoms with Crippen molar-refractivity contribution in [2.75, 3.05) is 77.9 Å². The third kappa shape index (κ3) is 15.7. The SMILES string of the molecule is CCCOCCOCCOCCOCCOc1ccc(C2=CC(C)C([C@H](CC(=O)O)NC(=O)CNC(=O)CCCCNc3ccccn3)C=C2)c2ccccc12. The van der Waals surface area contributed by atoms with Crippen LogP contribution in [0.1, 0.15) is 51.5 Å². The second-order valence-corrected chi connectivity index (χ2v) is 13.5. The number of rotatable bonds is 28. The summed E-state index contributed by atoms with van der Waals surface area (Å²) in [4.78, 5) is 41.3. The number of benzene rings is 2. The molecule has 0 fully saturated rings. The molecule has 0 spiro atoms. The molecule has 0 saturated heterocycles. The molecular formula is C43H58N4O9. The van der Waals surface area contributed by atoms with Crippen molar-refractivity contribution in [2.45, 2.75) is 52.0 Å². The lowest BCUT2D eigenvalue weighted by Crippen LogP contribution is -2.47. The topological polar surface area (TPSA) is 167 Å². The number of anilines is 1. The van der Waals surface area contributed by atoms with Gasteiger partial charge in [0.2, 0.25) is 11.8 Å². The van der Waals surface area contributed by atoms with Gasteiger partial charge in [0.1, 0.15) is 18.2 Å². The fraction of sp³-hybridized carbons (Fsp3) is 0.488. The molecule has 13 nitrogen and oxygen atoms in total. The van der Waals surface area contributed by atoms with E-state index in [0.717, 1.165) is 52.9 Å². The Balaban J connectivity index is 1.21. The standard InChI is InChI=1S/C43H58N4O9/c1-3-20-52-21-22-53-23-24-54-25-26-55-27-28-56-39-17-16-35(36-10-4-5-11-37(36)39)33-14-15-34(32(2)29-33)38(30-43(50)51)47-42(49)31-46-41(48)13-7-9-19-45-40-12-6-8-18-44-40/h4-6,8,10-12,14-18,29,32,34,38H,3,7,9,13,19-28,30-31H2,1-2H3,(H,44,45)(H,46,48)(H,47,49)(H,50,51)/t32?,34?,38-/m0/s1. The first-order valence-corrected chi connectivity index (χ1v) is 19.6. The van der Waals surface area contributed by atoms with Crippen molar-refractivity contribution in [2.24, 2.45) is 11.8 Å². The van der Waals surface area contributed by atoms with Gasteiger partial charge in [-0.25, -0.2) is 4.98 Å². The maximum absolute atomic E-state index is 12.9. The summed E-state index contributed by atoms with van der Waals surface area (Å²) in [7, 11) is 0. The van der Waals surface area contributed by atoms with Crippen LogP contribution >= 0.6 is 0 Å². The van der Waals surface area contributed by atoms with E-state index in [4.69, 9.17) is 23.7 Å². The average Bonchev–Trinajstić information content (AvgIpc) is 3.20. The number of aromatic nitrogens is 1. The number of aliphatic carboxylic acids is 1. The van der Waals surface area contributed by atoms with Crippen molar-refractivity contribution in [1.82, 2.24) is 15.6 Å². The van der Waals surface area contributed by atoms with Crippen LogP contribution < -0.4 is 20.7 Å². The summed E-state index contributed by atoms with van der Waals surface area (Å²) in [5.41, 5.74) is 2.02. The van der Waals surface area contributed by atoms with Gasteiger partial charge in [-0.3, -0.25) is 14.4 Å². The predicted molar refractivity (Wildman–Crippen MR) is 217 cm³/mol. The van der Waals surface area contributed by atoms with Gasteiger partial charge in [0.05, 0.1) is 59.2 Å².